The lowest BCUT2D eigenvalue weighted by Crippen LogP contribution is -2.11. The molecule has 0 fully saturated rings. The standard InChI is InChI=1S/C13H9BrFNO3/c1-18-11-4-2-3-9(14)12(11)19-13(17)8-5-6-16-7-10(8)15/h2-7H,1H3. The van der Waals surface area contributed by atoms with Crippen molar-refractivity contribution in [2.45, 2.75) is 0 Å². The molecule has 0 unspecified atom stereocenters. The van der Waals surface area contributed by atoms with Gasteiger partial charge in [0.2, 0.25) is 0 Å². The van der Waals surface area contributed by atoms with Crippen LogP contribution in [0.4, 0.5) is 4.39 Å². The van der Waals surface area contributed by atoms with Gasteiger partial charge in [-0.15, -0.1) is 0 Å². The van der Waals surface area contributed by atoms with Gasteiger partial charge >= 0.3 is 5.97 Å². The zero-order valence-corrected chi connectivity index (χ0v) is 11.5. The number of esters is 1. The van der Waals surface area contributed by atoms with Gasteiger partial charge < -0.3 is 9.47 Å². The average molecular weight is 326 g/mol. The molecule has 0 aliphatic heterocycles. The van der Waals surface area contributed by atoms with Crippen molar-refractivity contribution >= 4 is 21.9 Å². The molecule has 0 saturated carbocycles. The molecule has 19 heavy (non-hydrogen) atoms. The lowest BCUT2D eigenvalue weighted by molar-refractivity contribution is 0.0723. The van der Waals surface area contributed by atoms with Gasteiger partial charge in [-0.2, -0.15) is 0 Å². The van der Waals surface area contributed by atoms with Crippen molar-refractivity contribution in [3.63, 3.8) is 0 Å². The molecule has 0 radical (unpaired) electrons. The SMILES string of the molecule is COc1cccc(Br)c1OC(=O)c1ccncc1F. The molecule has 0 N–H and O–H groups in total. The van der Waals surface area contributed by atoms with E-state index < -0.39 is 11.8 Å². The van der Waals surface area contributed by atoms with Gasteiger partial charge in [0.05, 0.1) is 23.3 Å². The Morgan fingerprint density at radius 2 is 2.16 bits per heavy atom. The maximum absolute atomic E-state index is 13.4. The second kappa shape index (κ2) is 5.79. The van der Waals surface area contributed by atoms with Crippen molar-refractivity contribution in [2.75, 3.05) is 7.11 Å². The highest BCUT2D eigenvalue weighted by Gasteiger charge is 2.18. The van der Waals surface area contributed by atoms with E-state index in [1.807, 2.05) is 0 Å². The van der Waals surface area contributed by atoms with Crippen molar-refractivity contribution in [1.29, 1.82) is 0 Å². The van der Waals surface area contributed by atoms with Crippen LogP contribution in [0.1, 0.15) is 10.4 Å². The molecule has 2 aromatic rings. The lowest BCUT2D eigenvalue weighted by atomic mass is 10.2. The van der Waals surface area contributed by atoms with Crippen molar-refractivity contribution in [3.8, 4) is 11.5 Å². The zero-order chi connectivity index (χ0) is 13.8. The van der Waals surface area contributed by atoms with Crippen LogP contribution in [0.15, 0.2) is 41.1 Å². The van der Waals surface area contributed by atoms with Gasteiger partial charge in [0.25, 0.3) is 0 Å². The van der Waals surface area contributed by atoms with E-state index in [2.05, 4.69) is 20.9 Å². The third kappa shape index (κ3) is 2.90. The van der Waals surface area contributed by atoms with Crippen LogP contribution in [0.25, 0.3) is 0 Å². The van der Waals surface area contributed by atoms with Crippen molar-refractivity contribution < 1.29 is 18.7 Å². The summed E-state index contributed by atoms with van der Waals surface area (Å²) in [6.45, 7) is 0. The van der Waals surface area contributed by atoms with E-state index in [0.29, 0.717) is 10.2 Å². The molecule has 2 rings (SSSR count). The molecule has 1 heterocycles. The molecule has 0 amide bonds. The highest BCUT2D eigenvalue weighted by Crippen LogP contribution is 2.35. The molecular weight excluding hydrogens is 317 g/mol. The van der Waals surface area contributed by atoms with Crippen molar-refractivity contribution in [1.82, 2.24) is 4.98 Å². The van der Waals surface area contributed by atoms with Gasteiger partial charge in [-0.1, -0.05) is 6.07 Å². The van der Waals surface area contributed by atoms with E-state index in [0.717, 1.165) is 6.20 Å². The number of halogens is 2. The van der Waals surface area contributed by atoms with E-state index in [4.69, 9.17) is 9.47 Å². The summed E-state index contributed by atoms with van der Waals surface area (Å²) in [5, 5.41) is 0. The molecule has 98 valence electrons. The molecule has 0 aliphatic rings. The summed E-state index contributed by atoms with van der Waals surface area (Å²) < 4.78 is 24.2. The summed E-state index contributed by atoms with van der Waals surface area (Å²) in [6.07, 6.45) is 2.27. The predicted octanol–water partition coefficient (Wildman–Crippen LogP) is 3.21. The number of para-hydroxylation sites is 1. The van der Waals surface area contributed by atoms with Gasteiger partial charge in [-0.05, 0) is 34.1 Å². The molecule has 4 nitrogen and oxygen atoms in total. The van der Waals surface area contributed by atoms with Gasteiger partial charge in [-0.25, -0.2) is 9.18 Å². The molecule has 1 aromatic heterocycles. The van der Waals surface area contributed by atoms with Crippen LogP contribution in [-0.4, -0.2) is 18.1 Å². The van der Waals surface area contributed by atoms with Gasteiger partial charge in [0.15, 0.2) is 17.3 Å². The topological polar surface area (TPSA) is 48.4 Å². The second-order valence-corrected chi connectivity index (χ2v) is 4.37. The number of ether oxygens (including phenoxy) is 2. The van der Waals surface area contributed by atoms with Crippen LogP contribution in [0.5, 0.6) is 11.5 Å². The Hall–Kier alpha value is -1.95. The maximum atomic E-state index is 13.4. The fraction of sp³-hybridized carbons (Fsp3) is 0.0769. The van der Waals surface area contributed by atoms with Crippen molar-refractivity contribution in [3.05, 3.63) is 52.5 Å². The monoisotopic (exact) mass is 325 g/mol. The Labute approximate surface area is 117 Å². The van der Waals surface area contributed by atoms with Crippen LogP contribution in [0.2, 0.25) is 0 Å². The van der Waals surface area contributed by atoms with E-state index in [1.54, 1.807) is 18.2 Å². The number of carbonyl (C=O) groups excluding carboxylic acids is 1. The van der Waals surface area contributed by atoms with Crippen LogP contribution in [0, 0.1) is 5.82 Å². The molecule has 6 heteroatoms. The normalized spacial score (nSPS) is 10.1. The lowest BCUT2D eigenvalue weighted by Gasteiger charge is -2.10. The average Bonchev–Trinajstić information content (AvgIpc) is 2.41. The van der Waals surface area contributed by atoms with Gasteiger partial charge in [-0.3, -0.25) is 4.98 Å². The Morgan fingerprint density at radius 1 is 1.37 bits per heavy atom. The first kappa shape index (κ1) is 13.5. The molecule has 0 bridgehead atoms. The summed E-state index contributed by atoms with van der Waals surface area (Å²) in [5.74, 6) is -0.980. The summed E-state index contributed by atoms with van der Waals surface area (Å²) in [4.78, 5) is 15.5. The highest BCUT2D eigenvalue weighted by atomic mass is 79.9. The maximum Gasteiger partial charge on any atom is 0.346 e. The van der Waals surface area contributed by atoms with E-state index in [1.165, 1.54) is 19.4 Å². The van der Waals surface area contributed by atoms with Crippen LogP contribution >= 0.6 is 15.9 Å². The van der Waals surface area contributed by atoms with Crippen LogP contribution in [-0.2, 0) is 0 Å². The fourth-order valence-corrected chi connectivity index (χ4v) is 1.87. The van der Waals surface area contributed by atoms with Crippen LogP contribution < -0.4 is 9.47 Å². The molecule has 0 spiro atoms. The molecule has 0 saturated heterocycles. The Balaban J connectivity index is 2.32. The molecular formula is C13H9BrFNO3. The number of methoxy groups -OCH3 is 1. The Kier molecular flexibility index (Phi) is 4.11. The number of benzene rings is 1. The number of pyridine rings is 1. The quantitative estimate of drug-likeness (QED) is 0.642. The first-order valence-electron chi connectivity index (χ1n) is 5.27. The number of hydrogen-bond acceptors (Lipinski definition) is 4. The van der Waals surface area contributed by atoms with E-state index >= 15 is 0 Å². The fourth-order valence-electron chi connectivity index (χ4n) is 1.44. The minimum Gasteiger partial charge on any atom is -0.493 e. The van der Waals surface area contributed by atoms with E-state index in [9.17, 15) is 9.18 Å². The van der Waals surface area contributed by atoms with E-state index in [-0.39, 0.29) is 11.3 Å². The molecule has 0 atom stereocenters. The minimum atomic E-state index is -0.815. The predicted molar refractivity (Wildman–Crippen MR) is 69.8 cm³/mol. The third-order valence-electron chi connectivity index (χ3n) is 2.34. The molecule has 0 aliphatic carbocycles. The second-order valence-electron chi connectivity index (χ2n) is 3.52. The number of carbonyl (C=O) groups is 1. The zero-order valence-electron chi connectivity index (χ0n) is 9.89. The van der Waals surface area contributed by atoms with Crippen molar-refractivity contribution in [2.24, 2.45) is 0 Å². The molecule has 1 aromatic carbocycles. The summed E-state index contributed by atoms with van der Waals surface area (Å²) in [6, 6.07) is 6.30. The Bertz CT molecular complexity index is 619. The summed E-state index contributed by atoms with van der Waals surface area (Å²) >= 11 is 3.24. The minimum absolute atomic E-state index is 0.187. The first-order valence-corrected chi connectivity index (χ1v) is 6.07. The first-order chi connectivity index (χ1) is 9.13. The number of aromatic nitrogens is 1. The highest BCUT2D eigenvalue weighted by molar-refractivity contribution is 9.10. The smallest absolute Gasteiger partial charge is 0.346 e. The van der Waals surface area contributed by atoms with Gasteiger partial charge in [0.1, 0.15) is 0 Å². The summed E-state index contributed by atoms with van der Waals surface area (Å²) in [7, 11) is 1.45. The Morgan fingerprint density at radius 3 is 2.84 bits per heavy atom. The van der Waals surface area contributed by atoms with Crippen LogP contribution in [0.3, 0.4) is 0 Å². The largest absolute Gasteiger partial charge is 0.493 e. The number of nitrogens with zero attached hydrogens (tertiary/aromatic N) is 1. The summed E-state index contributed by atoms with van der Waals surface area (Å²) in [5.41, 5.74) is -0.187. The van der Waals surface area contributed by atoms with Gasteiger partial charge in [0, 0.05) is 6.20 Å². The number of hydrogen-bond donors (Lipinski definition) is 0. The number of rotatable bonds is 3. The third-order valence-corrected chi connectivity index (χ3v) is 2.96.